The zero-order chi connectivity index (χ0) is 13.7. The highest BCUT2D eigenvalue weighted by Crippen LogP contribution is 2.25. The summed E-state index contributed by atoms with van der Waals surface area (Å²) in [6.07, 6.45) is 4.58. The molecule has 0 radical (unpaired) electrons. The van der Waals surface area contributed by atoms with Crippen molar-refractivity contribution < 1.29 is 5.11 Å². The summed E-state index contributed by atoms with van der Waals surface area (Å²) in [4.78, 5) is 4.22. The van der Waals surface area contributed by atoms with Crippen LogP contribution in [0.15, 0.2) is 42.7 Å². The van der Waals surface area contributed by atoms with Gasteiger partial charge in [-0.25, -0.2) is 4.98 Å². The molecule has 2 N–H and O–H groups in total. The second kappa shape index (κ2) is 5.99. The van der Waals surface area contributed by atoms with Gasteiger partial charge < -0.3 is 15.0 Å². The number of nitrogens with zero attached hydrogens (tertiary/aromatic N) is 2. The van der Waals surface area contributed by atoms with E-state index < -0.39 is 5.54 Å². The van der Waals surface area contributed by atoms with Crippen LogP contribution in [0.3, 0.4) is 0 Å². The molecule has 102 valence electrons. The van der Waals surface area contributed by atoms with E-state index in [0.29, 0.717) is 0 Å². The Kier molecular flexibility index (Phi) is 4.35. The standard InChI is InChI=1S/C15H21N3O/c1-13-17-9-11-18(13)10-8-15(12-19,16-2)14-6-4-3-5-7-14/h3-7,9,11,16,19H,8,10,12H2,1-2H3. The fourth-order valence-corrected chi connectivity index (χ4v) is 2.37. The summed E-state index contributed by atoms with van der Waals surface area (Å²) >= 11 is 0. The van der Waals surface area contributed by atoms with Gasteiger partial charge in [0, 0.05) is 18.9 Å². The maximum atomic E-state index is 9.84. The van der Waals surface area contributed by atoms with E-state index in [0.717, 1.165) is 24.4 Å². The van der Waals surface area contributed by atoms with Crippen molar-refractivity contribution in [3.63, 3.8) is 0 Å². The van der Waals surface area contributed by atoms with E-state index in [1.807, 2.05) is 50.5 Å². The predicted octanol–water partition coefficient (Wildman–Crippen LogP) is 1.69. The summed E-state index contributed by atoms with van der Waals surface area (Å²) in [6, 6.07) is 10.1. The minimum absolute atomic E-state index is 0.0707. The fourth-order valence-electron chi connectivity index (χ4n) is 2.37. The molecule has 0 aliphatic rings. The van der Waals surface area contributed by atoms with E-state index in [1.54, 1.807) is 6.20 Å². The van der Waals surface area contributed by atoms with Crippen molar-refractivity contribution in [1.82, 2.24) is 14.9 Å². The maximum absolute atomic E-state index is 9.84. The molecule has 2 aromatic rings. The topological polar surface area (TPSA) is 50.1 Å². The highest BCUT2D eigenvalue weighted by atomic mass is 16.3. The SMILES string of the molecule is CNC(CO)(CCn1ccnc1C)c1ccccc1. The van der Waals surface area contributed by atoms with Crippen LogP contribution in [0.4, 0.5) is 0 Å². The lowest BCUT2D eigenvalue weighted by Crippen LogP contribution is -2.44. The molecule has 1 aromatic carbocycles. The summed E-state index contributed by atoms with van der Waals surface area (Å²) in [5.41, 5.74) is 0.704. The van der Waals surface area contributed by atoms with Crippen molar-refractivity contribution in [1.29, 1.82) is 0 Å². The summed E-state index contributed by atoms with van der Waals surface area (Å²) in [7, 11) is 1.89. The Labute approximate surface area is 114 Å². The van der Waals surface area contributed by atoms with Crippen LogP contribution in [0.1, 0.15) is 17.8 Å². The van der Waals surface area contributed by atoms with E-state index in [1.165, 1.54) is 0 Å². The third-order valence-electron chi connectivity index (χ3n) is 3.78. The van der Waals surface area contributed by atoms with Gasteiger partial charge in [0.15, 0.2) is 0 Å². The Bertz CT molecular complexity index is 503. The molecule has 1 atom stereocenters. The maximum Gasteiger partial charge on any atom is 0.105 e. The molecule has 0 aliphatic carbocycles. The number of likely N-dealkylation sites (N-methyl/N-ethyl adjacent to an activating group) is 1. The van der Waals surface area contributed by atoms with Crippen molar-refractivity contribution in [2.24, 2.45) is 0 Å². The van der Waals surface area contributed by atoms with Gasteiger partial charge in [-0.15, -0.1) is 0 Å². The van der Waals surface area contributed by atoms with Crippen LogP contribution in [-0.4, -0.2) is 28.3 Å². The second-order valence-electron chi connectivity index (χ2n) is 4.77. The lowest BCUT2D eigenvalue weighted by Gasteiger charge is -2.32. The smallest absolute Gasteiger partial charge is 0.105 e. The first kappa shape index (κ1) is 13.8. The zero-order valence-electron chi connectivity index (χ0n) is 11.5. The van der Waals surface area contributed by atoms with Crippen molar-refractivity contribution in [2.45, 2.75) is 25.4 Å². The van der Waals surface area contributed by atoms with Gasteiger partial charge in [-0.2, -0.15) is 0 Å². The van der Waals surface area contributed by atoms with Crippen LogP contribution in [0.25, 0.3) is 0 Å². The predicted molar refractivity (Wildman–Crippen MR) is 75.8 cm³/mol. The average molecular weight is 259 g/mol. The molecule has 0 fully saturated rings. The number of benzene rings is 1. The molecule has 4 heteroatoms. The molecule has 0 saturated heterocycles. The van der Waals surface area contributed by atoms with Gasteiger partial charge in [0.1, 0.15) is 5.82 Å². The number of aromatic nitrogens is 2. The first-order chi connectivity index (χ1) is 9.22. The minimum atomic E-state index is -0.405. The molecule has 4 nitrogen and oxygen atoms in total. The largest absolute Gasteiger partial charge is 0.394 e. The number of hydrogen-bond donors (Lipinski definition) is 2. The highest BCUT2D eigenvalue weighted by Gasteiger charge is 2.29. The molecule has 2 rings (SSSR count). The number of nitrogens with one attached hydrogen (secondary N) is 1. The molecule has 0 spiro atoms. The number of rotatable bonds is 6. The Morgan fingerprint density at radius 1 is 1.32 bits per heavy atom. The summed E-state index contributed by atoms with van der Waals surface area (Å²) in [6.45, 7) is 2.88. The van der Waals surface area contributed by atoms with Crippen molar-refractivity contribution in [3.05, 3.63) is 54.1 Å². The normalized spacial score (nSPS) is 14.3. The molecular weight excluding hydrogens is 238 g/mol. The van der Waals surface area contributed by atoms with Crippen LogP contribution in [0.5, 0.6) is 0 Å². The van der Waals surface area contributed by atoms with Crippen LogP contribution in [0, 0.1) is 6.92 Å². The van der Waals surface area contributed by atoms with Gasteiger partial charge in [-0.05, 0) is 26.0 Å². The van der Waals surface area contributed by atoms with Gasteiger partial charge in [0.05, 0.1) is 12.1 Å². The number of hydrogen-bond acceptors (Lipinski definition) is 3. The molecule has 0 aliphatic heterocycles. The Hall–Kier alpha value is -1.65. The van der Waals surface area contributed by atoms with E-state index in [-0.39, 0.29) is 6.61 Å². The Morgan fingerprint density at radius 3 is 2.58 bits per heavy atom. The lowest BCUT2D eigenvalue weighted by molar-refractivity contribution is 0.153. The van der Waals surface area contributed by atoms with Gasteiger partial charge in [0.25, 0.3) is 0 Å². The zero-order valence-corrected chi connectivity index (χ0v) is 11.5. The molecule has 1 aromatic heterocycles. The van der Waals surface area contributed by atoms with Gasteiger partial charge in [-0.1, -0.05) is 30.3 Å². The summed E-state index contributed by atoms with van der Waals surface area (Å²) in [5.74, 6) is 0.996. The van der Waals surface area contributed by atoms with E-state index in [9.17, 15) is 5.11 Å². The van der Waals surface area contributed by atoms with Gasteiger partial charge in [-0.3, -0.25) is 0 Å². The van der Waals surface area contributed by atoms with Crippen LogP contribution in [-0.2, 0) is 12.1 Å². The number of aliphatic hydroxyl groups is 1. The van der Waals surface area contributed by atoms with Crippen LogP contribution in [0.2, 0.25) is 0 Å². The van der Waals surface area contributed by atoms with E-state index in [2.05, 4.69) is 14.9 Å². The summed E-state index contributed by atoms with van der Waals surface area (Å²) in [5, 5.41) is 13.1. The number of imidazole rings is 1. The first-order valence-corrected chi connectivity index (χ1v) is 6.55. The minimum Gasteiger partial charge on any atom is -0.394 e. The Morgan fingerprint density at radius 2 is 2.05 bits per heavy atom. The fraction of sp³-hybridized carbons (Fsp3) is 0.400. The number of aryl methyl sites for hydroxylation is 2. The third kappa shape index (κ3) is 2.85. The van der Waals surface area contributed by atoms with Crippen molar-refractivity contribution in [3.8, 4) is 0 Å². The first-order valence-electron chi connectivity index (χ1n) is 6.55. The lowest BCUT2D eigenvalue weighted by atomic mass is 9.87. The summed E-state index contributed by atoms with van der Waals surface area (Å²) < 4.78 is 2.10. The van der Waals surface area contributed by atoms with E-state index >= 15 is 0 Å². The quantitative estimate of drug-likeness (QED) is 0.830. The molecule has 0 saturated carbocycles. The van der Waals surface area contributed by atoms with Crippen LogP contribution >= 0.6 is 0 Å². The molecule has 1 unspecified atom stereocenters. The highest BCUT2D eigenvalue weighted by molar-refractivity contribution is 5.24. The average Bonchev–Trinajstić information content (AvgIpc) is 2.87. The molecule has 0 amide bonds. The van der Waals surface area contributed by atoms with Crippen LogP contribution < -0.4 is 5.32 Å². The Balaban J connectivity index is 2.18. The molecule has 19 heavy (non-hydrogen) atoms. The molecular formula is C15H21N3O. The molecule has 0 bridgehead atoms. The van der Waals surface area contributed by atoms with Gasteiger partial charge >= 0.3 is 0 Å². The molecule has 1 heterocycles. The second-order valence-corrected chi connectivity index (χ2v) is 4.77. The number of aliphatic hydroxyl groups excluding tert-OH is 1. The van der Waals surface area contributed by atoms with Crippen molar-refractivity contribution >= 4 is 0 Å². The monoisotopic (exact) mass is 259 g/mol. The van der Waals surface area contributed by atoms with Crippen molar-refractivity contribution in [2.75, 3.05) is 13.7 Å². The third-order valence-corrected chi connectivity index (χ3v) is 3.78. The van der Waals surface area contributed by atoms with E-state index in [4.69, 9.17) is 0 Å². The van der Waals surface area contributed by atoms with Gasteiger partial charge in [0.2, 0.25) is 0 Å².